The zero-order chi connectivity index (χ0) is 21.2. The third-order valence-electron chi connectivity index (χ3n) is 4.12. The van der Waals surface area contributed by atoms with Gasteiger partial charge in [0.1, 0.15) is 6.04 Å². The average Bonchev–Trinajstić information content (AvgIpc) is 2.68. The maximum Gasteiger partial charge on any atom is 0.475 e. The highest BCUT2D eigenvalue weighted by molar-refractivity contribution is 6.43. The molecule has 5 N–H and O–H groups in total. The highest BCUT2D eigenvalue weighted by Crippen LogP contribution is 2.08. The molecule has 1 aromatic heterocycles. The number of amides is 3. The molecule has 3 amide bonds. The maximum atomic E-state index is 12.8. The van der Waals surface area contributed by atoms with Gasteiger partial charge in [-0.15, -0.1) is 0 Å². The van der Waals surface area contributed by atoms with Crippen molar-refractivity contribution in [2.75, 3.05) is 5.32 Å². The van der Waals surface area contributed by atoms with Gasteiger partial charge in [-0.25, -0.2) is 9.78 Å². The first-order valence-electron chi connectivity index (χ1n) is 9.39. The van der Waals surface area contributed by atoms with Crippen molar-refractivity contribution in [2.24, 2.45) is 5.92 Å². The molecule has 9 nitrogen and oxygen atoms in total. The van der Waals surface area contributed by atoms with Crippen molar-refractivity contribution in [3.8, 4) is 0 Å². The number of urea groups is 1. The molecule has 0 saturated heterocycles. The van der Waals surface area contributed by atoms with E-state index in [9.17, 15) is 19.6 Å². The van der Waals surface area contributed by atoms with Crippen LogP contribution in [0.5, 0.6) is 0 Å². The van der Waals surface area contributed by atoms with Crippen LogP contribution in [0.15, 0.2) is 48.9 Å². The topological polar surface area (TPSA) is 136 Å². The number of nitrogens with zero attached hydrogens (tertiary/aromatic N) is 2. The second kappa shape index (κ2) is 11.1. The smallest absolute Gasteiger partial charge is 0.426 e. The van der Waals surface area contributed by atoms with Crippen molar-refractivity contribution >= 4 is 24.9 Å². The van der Waals surface area contributed by atoms with E-state index in [0.717, 1.165) is 5.56 Å². The highest BCUT2D eigenvalue weighted by Gasteiger charge is 2.30. The Kier molecular flexibility index (Phi) is 8.56. The van der Waals surface area contributed by atoms with Gasteiger partial charge in [0.25, 0.3) is 0 Å². The Hall–Kier alpha value is -2.98. The molecule has 0 bridgehead atoms. The van der Waals surface area contributed by atoms with E-state index in [1.54, 1.807) is 0 Å². The zero-order valence-electron chi connectivity index (χ0n) is 16.4. The third kappa shape index (κ3) is 7.88. The fourth-order valence-electron chi connectivity index (χ4n) is 2.78. The van der Waals surface area contributed by atoms with Gasteiger partial charge in [-0.1, -0.05) is 44.2 Å². The minimum absolute atomic E-state index is 0.141. The van der Waals surface area contributed by atoms with Crippen LogP contribution in [-0.2, 0) is 11.2 Å². The number of carbonyl (C=O) groups is 2. The Morgan fingerprint density at radius 2 is 1.83 bits per heavy atom. The van der Waals surface area contributed by atoms with Crippen LogP contribution < -0.4 is 16.0 Å². The number of anilines is 1. The van der Waals surface area contributed by atoms with Crippen LogP contribution in [-0.4, -0.2) is 51.1 Å². The SMILES string of the molecule is CC(C)C[C@H](NC(=O)[C@H](Cc1ccccc1)NC(=O)Nc1cnccn1)B(O)O. The Morgan fingerprint density at radius 3 is 2.41 bits per heavy atom. The number of hydrogen-bond donors (Lipinski definition) is 5. The Labute approximate surface area is 170 Å². The van der Waals surface area contributed by atoms with Crippen molar-refractivity contribution in [3.63, 3.8) is 0 Å². The molecule has 0 saturated carbocycles. The third-order valence-corrected chi connectivity index (χ3v) is 4.12. The first-order valence-corrected chi connectivity index (χ1v) is 9.39. The number of nitrogens with one attached hydrogen (secondary N) is 3. The van der Waals surface area contributed by atoms with E-state index in [0.29, 0.717) is 6.42 Å². The van der Waals surface area contributed by atoms with Crippen molar-refractivity contribution in [3.05, 3.63) is 54.5 Å². The van der Waals surface area contributed by atoms with E-state index in [-0.39, 0.29) is 18.2 Å². The first-order chi connectivity index (χ1) is 13.8. The summed E-state index contributed by atoms with van der Waals surface area (Å²) in [5.41, 5.74) is 0.845. The summed E-state index contributed by atoms with van der Waals surface area (Å²) in [7, 11) is -1.70. The molecule has 1 heterocycles. The Morgan fingerprint density at radius 1 is 1.10 bits per heavy atom. The van der Waals surface area contributed by atoms with E-state index < -0.39 is 31.0 Å². The molecule has 0 radical (unpaired) electrons. The van der Waals surface area contributed by atoms with Crippen molar-refractivity contribution in [2.45, 2.75) is 38.7 Å². The predicted octanol–water partition coefficient (Wildman–Crippen LogP) is 0.752. The summed E-state index contributed by atoms with van der Waals surface area (Å²) in [6, 6.07) is 7.66. The predicted molar refractivity (Wildman–Crippen MR) is 110 cm³/mol. The summed E-state index contributed by atoms with van der Waals surface area (Å²) >= 11 is 0. The molecule has 1 aromatic carbocycles. The summed E-state index contributed by atoms with van der Waals surface area (Å²) in [4.78, 5) is 33.0. The van der Waals surface area contributed by atoms with E-state index in [1.807, 2.05) is 44.2 Å². The normalized spacial score (nSPS) is 12.7. The quantitative estimate of drug-likeness (QED) is 0.395. The Bertz CT molecular complexity index is 777. The van der Waals surface area contributed by atoms with Gasteiger partial charge in [-0.3, -0.25) is 15.1 Å². The number of rotatable bonds is 9. The maximum absolute atomic E-state index is 12.8. The van der Waals surface area contributed by atoms with Gasteiger partial charge < -0.3 is 20.7 Å². The molecular weight excluding hydrogens is 373 g/mol. The molecule has 2 atom stereocenters. The second-order valence-corrected chi connectivity index (χ2v) is 7.09. The molecular formula is C19H26BN5O4. The summed E-state index contributed by atoms with van der Waals surface area (Å²) in [5.74, 6) is -0.970. The molecule has 0 aliphatic heterocycles. The number of benzene rings is 1. The largest absolute Gasteiger partial charge is 0.475 e. The first kappa shape index (κ1) is 22.3. The van der Waals surface area contributed by atoms with Crippen LogP contribution in [0.3, 0.4) is 0 Å². The van der Waals surface area contributed by atoms with E-state index in [2.05, 4.69) is 25.9 Å². The average molecular weight is 399 g/mol. The molecule has 0 aliphatic carbocycles. The molecule has 154 valence electrons. The van der Waals surface area contributed by atoms with Crippen LogP contribution in [0.25, 0.3) is 0 Å². The lowest BCUT2D eigenvalue weighted by Gasteiger charge is -2.24. The molecule has 10 heteroatoms. The lowest BCUT2D eigenvalue weighted by atomic mass is 9.75. The standard InChI is InChI=1S/C19H26BN5O4/c1-13(2)10-16(20(28)29)24-18(26)15(11-14-6-4-3-5-7-14)23-19(27)25-17-12-21-8-9-22-17/h3-9,12-13,15-16,28-29H,10-11H2,1-2H3,(H,24,26)(H2,22,23,25,27)/t15-,16-/m0/s1. The van der Waals surface area contributed by atoms with Gasteiger partial charge in [0.05, 0.1) is 12.1 Å². The van der Waals surface area contributed by atoms with Crippen LogP contribution in [0.1, 0.15) is 25.8 Å². The molecule has 2 aromatic rings. The molecule has 29 heavy (non-hydrogen) atoms. The van der Waals surface area contributed by atoms with E-state index >= 15 is 0 Å². The minimum Gasteiger partial charge on any atom is -0.426 e. The van der Waals surface area contributed by atoms with Crippen molar-refractivity contribution in [1.82, 2.24) is 20.6 Å². The van der Waals surface area contributed by atoms with Gasteiger partial charge in [0.2, 0.25) is 5.91 Å². The fraction of sp³-hybridized carbons (Fsp3) is 0.368. The van der Waals surface area contributed by atoms with Gasteiger partial charge in [-0.05, 0) is 17.9 Å². The van der Waals surface area contributed by atoms with Crippen LogP contribution in [0.2, 0.25) is 0 Å². The molecule has 2 rings (SSSR count). The summed E-state index contributed by atoms with van der Waals surface area (Å²) < 4.78 is 0. The minimum atomic E-state index is -1.70. The number of aromatic nitrogens is 2. The van der Waals surface area contributed by atoms with Gasteiger partial charge in [-0.2, -0.15) is 0 Å². The fourth-order valence-corrected chi connectivity index (χ4v) is 2.78. The van der Waals surface area contributed by atoms with Crippen LogP contribution >= 0.6 is 0 Å². The number of carbonyl (C=O) groups excluding carboxylic acids is 2. The summed E-state index contributed by atoms with van der Waals surface area (Å²) in [5, 5.41) is 26.9. The molecule has 0 aliphatic rings. The molecule has 0 unspecified atom stereocenters. The monoisotopic (exact) mass is 399 g/mol. The van der Waals surface area contributed by atoms with Gasteiger partial charge >= 0.3 is 13.1 Å². The molecule has 0 spiro atoms. The summed E-state index contributed by atoms with van der Waals surface area (Å²) in [6.45, 7) is 3.82. The second-order valence-electron chi connectivity index (χ2n) is 7.09. The number of hydrogen-bond acceptors (Lipinski definition) is 6. The van der Waals surface area contributed by atoms with Gasteiger partial charge in [0, 0.05) is 18.8 Å². The van der Waals surface area contributed by atoms with Crippen molar-refractivity contribution in [1.29, 1.82) is 0 Å². The lowest BCUT2D eigenvalue weighted by molar-refractivity contribution is -0.123. The molecule has 0 fully saturated rings. The van der Waals surface area contributed by atoms with Crippen LogP contribution in [0, 0.1) is 5.92 Å². The van der Waals surface area contributed by atoms with Crippen molar-refractivity contribution < 1.29 is 19.6 Å². The zero-order valence-corrected chi connectivity index (χ0v) is 16.4. The van der Waals surface area contributed by atoms with E-state index in [4.69, 9.17) is 0 Å². The Balaban J connectivity index is 2.10. The highest BCUT2D eigenvalue weighted by atomic mass is 16.4. The van der Waals surface area contributed by atoms with E-state index in [1.165, 1.54) is 18.6 Å². The summed E-state index contributed by atoms with van der Waals surface area (Å²) in [6.07, 6.45) is 4.91. The van der Waals surface area contributed by atoms with Gasteiger partial charge in [0.15, 0.2) is 5.82 Å². The lowest BCUT2D eigenvalue weighted by Crippen LogP contribution is -2.55. The van der Waals surface area contributed by atoms with Crippen LogP contribution in [0.4, 0.5) is 10.6 Å².